The molecule has 0 amide bonds. The van der Waals surface area contributed by atoms with Crippen molar-refractivity contribution in [3.8, 4) is 0 Å². The molecule has 2 N–H and O–H groups in total. The van der Waals surface area contributed by atoms with Crippen LogP contribution in [0.3, 0.4) is 0 Å². The normalized spacial score (nSPS) is 12.8. The highest BCUT2D eigenvalue weighted by Crippen LogP contribution is 2.24. The van der Waals surface area contributed by atoms with Crippen molar-refractivity contribution >= 4 is 10.0 Å². The van der Waals surface area contributed by atoms with Crippen molar-refractivity contribution in [1.82, 2.24) is 9.29 Å². The highest BCUT2D eigenvalue weighted by Gasteiger charge is 2.31. The van der Waals surface area contributed by atoms with Crippen molar-refractivity contribution < 1.29 is 13.5 Å². The third kappa shape index (κ3) is 4.08. The van der Waals surface area contributed by atoms with Gasteiger partial charge in [0.15, 0.2) is 0 Å². The van der Waals surface area contributed by atoms with E-state index >= 15 is 0 Å². The SMILES string of the molecule is CCCn1cc(S(=O)(=O)NC(CC)(CC)CC)cc1CO. The first-order valence-corrected chi connectivity index (χ1v) is 9.20. The lowest BCUT2D eigenvalue weighted by Gasteiger charge is -2.31. The molecule has 0 aliphatic heterocycles. The van der Waals surface area contributed by atoms with E-state index in [9.17, 15) is 13.5 Å². The Morgan fingerprint density at radius 1 is 1.19 bits per heavy atom. The van der Waals surface area contributed by atoms with Crippen LogP contribution in [-0.2, 0) is 23.2 Å². The highest BCUT2D eigenvalue weighted by atomic mass is 32.2. The van der Waals surface area contributed by atoms with Crippen molar-refractivity contribution in [2.45, 2.75) is 77.0 Å². The Kier molecular flexibility index (Phi) is 6.43. The van der Waals surface area contributed by atoms with Gasteiger partial charge in [0.2, 0.25) is 10.0 Å². The lowest BCUT2D eigenvalue weighted by atomic mass is 9.91. The minimum absolute atomic E-state index is 0.157. The molecule has 0 spiro atoms. The fourth-order valence-corrected chi connectivity index (χ4v) is 4.24. The minimum atomic E-state index is -3.57. The number of aryl methyl sites for hydroxylation is 1. The van der Waals surface area contributed by atoms with Crippen LogP contribution in [0.2, 0.25) is 0 Å². The maximum atomic E-state index is 12.6. The molecule has 0 bridgehead atoms. The van der Waals surface area contributed by atoms with Crippen LogP contribution in [0.25, 0.3) is 0 Å². The largest absolute Gasteiger partial charge is 0.390 e. The van der Waals surface area contributed by atoms with E-state index in [1.807, 2.05) is 27.7 Å². The van der Waals surface area contributed by atoms with Gasteiger partial charge in [-0.05, 0) is 31.7 Å². The summed E-state index contributed by atoms with van der Waals surface area (Å²) >= 11 is 0. The van der Waals surface area contributed by atoms with Crippen LogP contribution >= 0.6 is 0 Å². The molecule has 122 valence electrons. The van der Waals surface area contributed by atoms with E-state index in [-0.39, 0.29) is 11.5 Å². The summed E-state index contributed by atoms with van der Waals surface area (Å²) in [4.78, 5) is 0.236. The zero-order valence-corrected chi connectivity index (χ0v) is 14.3. The summed E-state index contributed by atoms with van der Waals surface area (Å²) in [6.45, 7) is 8.55. The summed E-state index contributed by atoms with van der Waals surface area (Å²) in [5.41, 5.74) is 0.234. The molecule has 0 atom stereocenters. The van der Waals surface area contributed by atoms with Gasteiger partial charge in [0.1, 0.15) is 0 Å². The number of aliphatic hydroxyl groups is 1. The van der Waals surface area contributed by atoms with Crippen LogP contribution in [0.1, 0.15) is 59.1 Å². The average Bonchev–Trinajstić information content (AvgIpc) is 2.89. The highest BCUT2D eigenvalue weighted by molar-refractivity contribution is 7.89. The maximum Gasteiger partial charge on any atom is 0.242 e. The third-order valence-electron chi connectivity index (χ3n) is 4.28. The minimum Gasteiger partial charge on any atom is -0.390 e. The van der Waals surface area contributed by atoms with E-state index < -0.39 is 15.6 Å². The quantitative estimate of drug-likeness (QED) is 0.735. The van der Waals surface area contributed by atoms with Gasteiger partial charge in [-0.3, -0.25) is 0 Å². The topological polar surface area (TPSA) is 71.3 Å². The third-order valence-corrected chi connectivity index (χ3v) is 5.82. The first-order chi connectivity index (χ1) is 9.87. The predicted octanol–water partition coefficient (Wildman–Crippen LogP) is 2.64. The van der Waals surface area contributed by atoms with Crippen molar-refractivity contribution in [2.75, 3.05) is 0 Å². The molecule has 0 aromatic carbocycles. The van der Waals surface area contributed by atoms with Gasteiger partial charge < -0.3 is 9.67 Å². The van der Waals surface area contributed by atoms with Crippen LogP contribution < -0.4 is 4.72 Å². The van der Waals surface area contributed by atoms with E-state index in [0.717, 1.165) is 25.7 Å². The number of aliphatic hydroxyl groups excluding tert-OH is 1. The Bertz CT molecular complexity index is 537. The molecule has 1 rings (SSSR count). The molecular weight excluding hydrogens is 288 g/mol. The van der Waals surface area contributed by atoms with Gasteiger partial charge in [-0.1, -0.05) is 27.7 Å². The van der Waals surface area contributed by atoms with Crippen molar-refractivity contribution in [1.29, 1.82) is 0 Å². The summed E-state index contributed by atoms with van der Waals surface area (Å²) < 4.78 is 29.9. The zero-order chi connectivity index (χ0) is 16.1. The molecule has 1 heterocycles. The second-order valence-electron chi connectivity index (χ2n) is 5.47. The van der Waals surface area contributed by atoms with Crippen LogP contribution in [0.4, 0.5) is 0 Å². The lowest BCUT2D eigenvalue weighted by molar-refractivity contribution is 0.270. The average molecular weight is 316 g/mol. The van der Waals surface area contributed by atoms with E-state index in [1.165, 1.54) is 0 Å². The van der Waals surface area contributed by atoms with Gasteiger partial charge in [0.25, 0.3) is 0 Å². The molecule has 5 nitrogen and oxygen atoms in total. The number of hydrogen-bond acceptors (Lipinski definition) is 3. The monoisotopic (exact) mass is 316 g/mol. The van der Waals surface area contributed by atoms with Crippen molar-refractivity contribution in [2.24, 2.45) is 0 Å². The predicted molar refractivity (Wildman–Crippen MR) is 84.6 cm³/mol. The van der Waals surface area contributed by atoms with Gasteiger partial charge in [0.05, 0.1) is 11.5 Å². The van der Waals surface area contributed by atoms with Gasteiger partial charge in [-0.15, -0.1) is 0 Å². The summed E-state index contributed by atoms with van der Waals surface area (Å²) in [7, 11) is -3.57. The second-order valence-corrected chi connectivity index (χ2v) is 7.15. The Balaban J connectivity index is 3.13. The van der Waals surface area contributed by atoms with Gasteiger partial charge in [-0.25, -0.2) is 13.1 Å². The first kappa shape index (κ1) is 18.2. The Hall–Kier alpha value is -0.850. The van der Waals surface area contributed by atoms with E-state index in [0.29, 0.717) is 12.2 Å². The fourth-order valence-electron chi connectivity index (χ4n) is 2.56. The molecule has 21 heavy (non-hydrogen) atoms. The molecule has 1 aromatic rings. The maximum absolute atomic E-state index is 12.6. The van der Waals surface area contributed by atoms with Gasteiger partial charge in [0, 0.05) is 24.0 Å². The summed E-state index contributed by atoms with van der Waals surface area (Å²) in [5, 5.41) is 9.36. The van der Waals surface area contributed by atoms with Crippen LogP contribution in [0.15, 0.2) is 17.2 Å². The number of sulfonamides is 1. The molecule has 0 unspecified atom stereocenters. The zero-order valence-electron chi connectivity index (χ0n) is 13.5. The number of rotatable bonds is 9. The van der Waals surface area contributed by atoms with Crippen LogP contribution in [0.5, 0.6) is 0 Å². The lowest BCUT2D eigenvalue weighted by Crippen LogP contribution is -2.46. The van der Waals surface area contributed by atoms with Crippen molar-refractivity contribution in [3.63, 3.8) is 0 Å². The van der Waals surface area contributed by atoms with Crippen molar-refractivity contribution in [3.05, 3.63) is 18.0 Å². The second kappa shape index (κ2) is 7.42. The van der Waals surface area contributed by atoms with Gasteiger partial charge >= 0.3 is 0 Å². The fraction of sp³-hybridized carbons (Fsp3) is 0.733. The smallest absolute Gasteiger partial charge is 0.242 e. The number of nitrogens with zero attached hydrogens (tertiary/aromatic N) is 1. The van der Waals surface area contributed by atoms with Gasteiger partial charge in [-0.2, -0.15) is 0 Å². The number of hydrogen-bond donors (Lipinski definition) is 2. The Morgan fingerprint density at radius 3 is 2.19 bits per heavy atom. The van der Waals surface area contributed by atoms with E-state index in [4.69, 9.17) is 0 Å². The van der Waals surface area contributed by atoms with Crippen LogP contribution in [-0.4, -0.2) is 23.6 Å². The first-order valence-electron chi connectivity index (χ1n) is 7.71. The molecule has 0 aliphatic rings. The molecule has 0 saturated heterocycles. The molecule has 0 aliphatic carbocycles. The molecule has 1 aromatic heterocycles. The summed E-state index contributed by atoms with van der Waals surface area (Å²) in [5.74, 6) is 0. The molecule has 0 fully saturated rings. The van der Waals surface area contributed by atoms with E-state index in [1.54, 1.807) is 16.8 Å². The molecule has 0 saturated carbocycles. The summed E-state index contributed by atoms with van der Waals surface area (Å²) in [6, 6.07) is 1.56. The number of aromatic nitrogens is 1. The van der Waals surface area contributed by atoms with Crippen LogP contribution in [0, 0.1) is 0 Å². The standard InChI is InChI=1S/C15H28N2O3S/c1-5-9-17-11-14(10-13(17)12-18)21(19,20)16-15(6-2,7-3)8-4/h10-11,16,18H,5-9,12H2,1-4H3. The Labute approximate surface area is 128 Å². The molecule has 6 heteroatoms. The summed E-state index contributed by atoms with van der Waals surface area (Å²) in [6.07, 6.45) is 4.76. The molecule has 0 radical (unpaired) electrons. The Morgan fingerprint density at radius 2 is 1.76 bits per heavy atom. The molecular formula is C15H28N2O3S. The van der Waals surface area contributed by atoms with E-state index in [2.05, 4.69) is 4.72 Å². The number of nitrogens with one attached hydrogen (secondary N) is 1.